The molecule has 0 saturated heterocycles. The van der Waals surface area contributed by atoms with Gasteiger partial charge >= 0.3 is 12.0 Å². The van der Waals surface area contributed by atoms with Crippen LogP contribution in [0.25, 0.3) is 0 Å². The molecule has 1 fully saturated rings. The van der Waals surface area contributed by atoms with Gasteiger partial charge in [0, 0.05) is 9.84 Å². The smallest absolute Gasteiger partial charge is 0.199 e. The fraction of sp³-hybridized carbons (Fsp3) is 0.778. The average Bonchev–Trinajstić information content (AvgIpc) is 2.16. The lowest BCUT2D eigenvalue weighted by Crippen LogP contribution is -2.37. The largest absolute Gasteiger partial charge is 0.307 e. The van der Waals surface area contributed by atoms with E-state index in [4.69, 9.17) is 0 Å². The second-order valence-electron chi connectivity index (χ2n) is 3.60. The van der Waals surface area contributed by atoms with Crippen LogP contribution in [-0.4, -0.2) is 9.85 Å². The second-order valence-corrected chi connectivity index (χ2v) is 5.20. The first-order valence-corrected chi connectivity index (χ1v) is 5.85. The molecule has 0 amide bonds. The summed E-state index contributed by atoms with van der Waals surface area (Å²) in [6.45, 7) is 0. The van der Waals surface area contributed by atoms with E-state index in [2.05, 4.69) is 0 Å². The maximum atomic E-state index is 13.3. The number of rotatable bonds is 2. The molecule has 0 spiro atoms. The molecule has 0 aromatic carbocycles. The van der Waals surface area contributed by atoms with Crippen LogP contribution in [0.15, 0.2) is 11.9 Å². The molecule has 0 aliphatic heterocycles. The molecule has 0 N–H and O–H groups in total. The van der Waals surface area contributed by atoms with Crippen molar-refractivity contribution in [2.75, 3.05) is 0 Å². The lowest BCUT2D eigenvalue weighted by molar-refractivity contribution is -0.0538. The number of hydrogen-bond acceptors (Lipinski definition) is 0. The summed E-state index contributed by atoms with van der Waals surface area (Å²) in [7, 11) is 0. The van der Waals surface area contributed by atoms with Gasteiger partial charge < -0.3 is 0 Å². The third-order valence-corrected chi connectivity index (χ3v) is 4.10. The molecule has 0 aromatic rings. The molecule has 1 rings (SSSR count). The van der Waals surface area contributed by atoms with Gasteiger partial charge in [0.15, 0.2) is 0 Å². The highest BCUT2D eigenvalue weighted by Crippen LogP contribution is 2.45. The molecule has 1 aliphatic rings. The molecule has 6 heteroatoms. The van der Waals surface area contributed by atoms with E-state index in [1.807, 2.05) is 0 Å². The van der Waals surface area contributed by atoms with Crippen molar-refractivity contribution >= 4 is 22.6 Å². The molecule has 0 radical (unpaired) electrons. The van der Waals surface area contributed by atoms with Crippen LogP contribution in [0.2, 0.25) is 0 Å². The molecule has 15 heavy (non-hydrogen) atoms. The zero-order valence-corrected chi connectivity index (χ0v) is 9.91. The zero-order chi connectivity index (χ0) is 11.6. The highest BCUT2D eigenvalue weighted by Gasteiger charge is 2.50. The van der Waals surface area contributed by atoms with Gasteiger partial charge in [-0.3, -0.25) is 0 Å². The molecule has 1 aliphatic carbocycles. The molecule has 0 heterocycles. The summed E-state index contributed by atoms with van der Waals surface area (Å²) >= 11 is 1.79. The Balaban J connectivity index is 2.88. The fourth-order valence-electron chi connectivity index (χ4n) is 1.78. The van der Waals surface area contributed by atoms with Crippen molar-refractivity contribution in [2.24, 2.45) is 5.92 Å². The van der Waals surface area contributed by atoms with Gasteiger partial charge in [-0.15, -0.1) is 0 Å². The van der Waals surface area contributed by atoms with Crippen molar-refractivity contribution in [2.45, 2.75) is 35.5 Å². The van der Waals surface area contributed by atoms with E-state index in [0.29, 0.717) is 12.8 Å². The normalized spacial score (nSPS) is 27.6. The summed E-state index contributed by atoms with van der Waals surface area (Å²) in [6.07, 6.45) is -0.942. The summed E-state index contributed by atoms with van der Waals surface area (Å²) < 4.78 is 62.4. The van der Waals surface area contributed by atoms with Crippen molar-refractivity contribution in [1.82, 2.24) is 0 Å². The van der Waals surface area contributed by atoms with Gasteiger partial charge in [0.2, 0.25) is 5.83 Å². The van der Waals surface area contributed by atoms with Gasteiger partial charge in [-0.1, -0.05) is 35.4 Å². The van der Waals surface area contributed by atoms with Gasteiger partial charge in [-0.05, 0) is 12.8 Å². The van der Waals surface area contributed by atoms with Gasteiger partial charge in [-0.25, -0.2) is 0 Å². The van der Waals surface area contributed by atoms with Crippen molar-refractivity contribution in [1.29, 1.82) is 0 Å². The first-order valence-electron chi connectivity index (χ1n) is 4.60. The molecule has 1 saturated carbocycles. The fourth-order valence-corrected chi connectivity index (χ4v) is 3.03. The Morgan fingerprint density at radius 2 is 1.60 bits per heavy atom. The van der Waals surface area contributed by atoms with E-state index in [9.17, 15) is 22.0 Å². The Morgan fingerprint density at radius 3 is 2.07 bits per heavy atom. The molecule has 2 unspecified atom stereocenters. The number of alkyl halides is 3. The summed E-state index contributed by atoms with van der Waals surface area (Å²) in [5, 5.41) is 0. The highest BCUT2D eigenvalue weighted by molar-refractivity contribution is 14.1. The van der Waals surface area contributed by atoms with E-state index < -0.39 is 27.7 Å². The summed E-state index contributed by atoms with van der Waals surface area (Å²) in [6, 6.07) is 0. The van der Waals surface area contributed by atoms with Crippen molar-refractivity contribution < 1.29 is 22.0 Å². The number of hydrogen-bond donors (Lipinski definition) is 0. The van der Waals surface area contributed by atoms with E-state index in [-0.39, 0.29) is 6.42 Å². The van der Waals surface area contributed by atoms with Crippen LogP contribution < -0.4 is 0 Å². The second kappa shape index (κ2) is 4.97. The highest BCUT2D eigenvalue weighted by atomic mass is 127. The van der Waals surface area contributed by atoms with Crippen molar-refractivity contribution in [3.63, 3.8) is 0 Å². The Hall–Kier alpha value is 0.120. The topological polar surface area (TPSA) is 0 Å². The van der Waals surface area contributed by atoms with E-state index >= 15 is 0 Å². The molecule has 0 nitrogen and oxygen atoms in total. The first kappa shape index (κ1) is 13.2. The quantitative estimate of drug-likeness (QED) is 0.389. The third-order valence-electron chi connectivity index (χ3n) is 2.61. The summed E-state index contributed by atoms with van der Waals surface area (Å²) in [5.41, 5.74) is 0. The first-order chi connectivity index (χ1) is 6.87. The number of allylic oxidation sites excluding steroid dienone is 1. The molecule has 0 bridgehead atoms. The van der Waals surface area contributed by atoms with Crippen LogP contribution in [0, 0.1) is 5.92 Å². The van der Waals surface area contributed by atoms with Crippen LogP contribution in [0.4, 0.5) is 22.0 Å². The maximum Gasteiger partial charge on any atom is 0.307 e. The Bertz CT molecular complexity index is 259. The Kier molecular flexibility index (Phi) is 4.37. The van der Waals surface area contributed by atoms with Gasteiger partial charge in [0.1, 0.15) is 0 Å². The van der Waals surface area contributed by atoms with Crippen LogP contribution in [0.5, 0.6) is 0 Å². The summed E-state index contributed by atoms with van der Waals surface area (Å²) in [4.78, 5) is 0. The van der Waals surface area contributed by atoms with Crippen LogP contribution in [-0.2, 0) is 0 Å². The minimum atomic E-state index is -4.02. The lowest BCUT2D eigenvalue weighted by Gasteiger charge is -2.32. The lowest BCUT2D eigenvalue weighted by atomic mass is 9.84. The van der Waals surface area contributed by atoms with E-state index in [0.717, 1.165) is 6.42 Å². The van der Waals surface area contributed by atoms with Crippen LogP contribution in [0.3, 0.4) is 0 Å². The zero-order valence-electron chi connectivity index (χ0n) is 7.75. The van der Waals surface area contributed by atoms with Gasteiger partial charge in [0.25, 0.3) is 0 Å². The van der Waals surface area contributed by atoms with Crippen molar-refractivity contribution in [3.8, 4) is 0 Å². The standard InChI is InChI=1S/C9H10F5I/c10-7(8(11)12)9(13,14)5-3-1-2-4-6(5)15/h5-6H,1-4H2. The number of halogens is 6. The predicted molar refractivity (Wildman–Crippen MR) is 55.1 cm³/mol. The Morgan fingerprint density at radius 1 is 1.07 bits per heavy atom. The molecule has 88 valence electrons. The molecular weight excluding hydrogens is 330 g/mol. The monoisotopic (exact) mass is 340 g/mol. The van der Waals surface area contributed by atoms with E-state index in [1.54, 1.807) is 22.6 Å². The van der Waals surface area contributed by atoms with Crippen LogP contribution in [0.1, 0.15) is 25.7 Å². The third kappa shape index (κ3) is 2.82. The minimum absolute atomic E-state index is 0.0985. The molecule has 0 aromatic heterocycles. The maximum absolute atomic E-state index is 13.3. The van der Waals surface area contributed by atoms with Gasteiger partial charge in [0.05, 0.1) is 0 Å². The summed E-state index contributed by atoms with van der Waals surface area (Å²) in [5.74, 6) is -7.89. The van der Waals surface area contributed by atoms with Crippen LogP contribution >= 0.6 is 22.6 Å². The van der Waals surface area contributed by atoms with E-state index in [1.165, 1.54) is 0 Å². The predicted octanol–water partition coefficient (Wildman–Crippen LogP) is 4.69. The SMILES string of the molecule is FC(F)=C(F)C(F)(F)C1CCCCC1I. The molecular formula is C9H10F5I. The minimum Gasteiger partial charge on any atom is -0.199 e. The Labute approximate surface area is 98.1 Å². The average molecular weight is 340 g/mol. The van der Waals surface area contributed by atoms with Gasteiger partial charge in [-0.2, -0.15) is 22.0 Å². The van der Waals surface area contributed by atoms with Crippen molar-refractivity contribution in [3.05, 3.63) is 11.9 Å². The molecule has 2 atom stereocenters.